The first-order chi connectivity index (χ1) is 12.1. The molecule has 7 nitrogen and oxygen atoms in total. The van der Waals surface area contributed by atoms with Crippen LogP contribution in [0.5, 0.6) is 5.88 Å². The van der Waals surface area contributed by atoms with Crippen LogP contribution in [0.2, 0.25) is 0 Å². The lowest BCUT2D eigenvalue weighted by molar-refractivity contribution is -0.0246. The second-order valence-corrected chi connectivity index (χ2v) is 7.12. The fourth-order valence-corrected chi connectivity index (χ4v) is 2.84. The second-order valence-electron chi connectivity index (χ2n) is 7.12. The quantitative estimate of drug-likeness (QED) is 0.805. The van der Waals surface area contributed by atoms with Crippen LogP contribution >= 0.6 is 0 Å². The van der Waals surface area contributed by atoms with E-state index in [1.807, 2.05) is 31.1 Å². The van der Waals surface area contributed by atoms with Crippen molar-refractivity contribution in [1.29, 1.82) is 0 Å². The molecule has 25 heavy (non-hydrogen) atoms. The van der Waals surface area contributed by atoms with Gasteiger partial charge in [-0.15, -0.1) is 0 Å². The Labute approximate surface area is 149 Å². The van der Waals surface area contributed by atoms with E-state index in [-0.39, 0.29) is 12.1 Å². The van der Waals surface area contributed by atoms with Gasteiger partial charge in [-0.1, -0.05) is 0 Å². The van der Waals surface area contributed by atoms with Gasteiger partial charge in [0.05, 0.1) is 19.3 Å². The van der Waals surface area contributed by atoms with Crippen LogP contribution in [0, 0.1) is 5.92 Å². The average Bonchev–Trinajstić information content (AvgIpc) is 3.42. The Hall–Kier alpha value is -1.86. The predicted octanol–water partition coefficient (Wildman–Crippen LogP) is 1.34. The minimum atomic E-state index is -0.0516. The Kier molecular flexibility index (Phi) is 6.09. The largest absolute Gasteiger partial charge is 0.477 e. The summed E-state index contributed by atoms with van der Waals surface area (Å²) in [4.78, 5) is 20.5. The van der Waals surface area contributed by atoms with Gasteiger partial charge in [-0.2, -0.15) is 0 Å². The van der Waals surface area contributed by atoms with Gasteiger partial charge in [-0.05, 0) is 44.5 Å². The molecule has 1 saturated heterocycles. The molecule has 3 rings (SSSR count). The van der Waals surface area contributed by atoms with E-state index in [4.69, 9.17) is 9.47 Å². The number of hydrogen-bond donors (Lipinski definition) is 1. The van der Waals surface area contributed by atoms with Gasteiger partial charge in [0, 0.05) is 38.4 Å². The number of nitrogens with one attached hydrogen (secondary N) is 1. The fourth-order valence-electron chi connectivity index (χ4n) is 2.84. The first-order valence-electron chi connectivity index (χ1n) is 8.97. The summed E-state index contributed by atoms with van der Waals surface area (Å²) in [6, 6.07) is 3.75. The fraction of sp³-hybridized carbons (Fsp3) is 0.667. The van der Waals surface area contributed by atoms with E-state index in [0.29, 0.717) is 38.0 Å². The number of aromatic nitrogens is 1. The van der Waals surface area contributed by atoms with E-state index in [9.17, 15) is 4.79 Å². The Morgan fingerprint density at radius 1 is 1.48 bits per heavy atom. The zero-order valence-corrected chi connectivity index (χ0v) is 15.1. The van der Waals surface area contributed by atoms with Crippen LogP contribution in [0.25, 0.3) is 0 Å². The van der Waals surface area contributed by atoms with Crippen LogP contribution in [-0.4, -0.2) is 73.9 Å². The molecule has 0 aromatic carbocycles. The molecule has 1 N–H and O–H groups in total. The summed E-state index contributed by atoms with van der Waals surface area (Å²) in [5.74, 6) is 1.33. The number of amides is 2. The second kappa shape index (κ2) is 8.49. The molecule has 0 spiro atoms. The summed E-state index contributed by atoms with van der Waals surface area (Å²) >= 11 is 0. The smallest absolute Gasteiger partial charge is 0.317 e. The first kappa shape index (κ1) is 17.9. The van der Waals surface area contributed by atoms with Gasteiger partial charge in [0.2, 0.25) is 5.88 Å². The Balaban J connectivity index is 1.45. The van der Waals surface area contributed by atoms with E-state index < -0.39 is 0 Å². The van der Waals surface area contributed by atoms with Crippen molar-refractivity contribution >= 4 is 6.03 Å². The zero-order chi connectivity index (χ0) is 17.6. The summed E-state index contributed by atoms with van der Waals surface area (Å²) in [6.45, 7) is 3.86. The number of likely N-dealkylation sites (N-methyl/N-ethyl adjacent to an activating group) is 1. The van der Waals surface area contributed by atoms with Crippen molar-refractivity contribution in [1.82, 2.24) is 20.1 Å². The molecule has 138 valence electrons. The van der Waals surface area contributed by atoms with Crippen LogP contribution in [0.1, 0.15) is 18.4 Å². The van der Waals surface area contributed by atoms with Crippen LogP contribution < -0.4 is 10.1 Å². The third-order valence-electron chi connectivity index (χ3n) is 4.40. The number of urea groups is 1. The Morgan fingerprint density at radius 3 is 3.08 bits per heavy atom. The third-order valence-corrected chi connectivity index (χ3v) is 4.40. The molecule has 1 unspecified atom stereocenters. The first-order valence-corrected chi connectivity index (χ1v) is 8.97. The van der Waals surface area contributed by atoms with Crippen molar-refractivity contribution in [3.8, 4) is 5.88 Å². The molecule has 2 amide bonds. The average molecular weight is 348 g/mol. The molecule has 2 fully saturated rings. The number of rotatable bonds is 7. The number of hydrogen-bond acceptors (Lipinski definition) is 5. The number of morpholine rings is 1. The molecule has 1 aromatic heterocycles. The molecule has 0 bridgehead atoms. The van der Waals surface area contributed by atoms with Crippen LogP contribution in [0.3, 0.4) is 0 Å². The van der Waals surface area contributed by atoms with Crippen LogP contribution in [-0.2, 0) is 11.3 Å². The van der Waals surface area contributed by atoms with Gasteiger partial charge in [0.1, 0.15) is 0 Å². The topological polar surface area (TPSA) is 66.9 Å². The van der Waals surface area contributed by atoms with E-state index in [1.165, 1.54) is 12.8 Å². The van der Waals surface area contributed by atoms with Crippen molar-refractivity contribution in [2.75, 3.05) is 46.9 Å². The van der Waals surface area contributed by atoms with Crippen molar-refractivity contribution in [2.24, 2.45) is 5.92 Å². The maximum atomic E-state index is 12.4. The van der Waals surface area contributed by atoms with Crippen LogP contribution in [0.4, 0.5) is 4.79 Å². The molecule has 1 atom stereocenters. The Morgan fingerprint density at radius 2 is 2.32 bits per heavy atom. The predicted molar refractivity (Wildman–Crippen MR) is 94.6 cm³/mol. The highest BCUT2D eigenvalue weighted by Gasteiger charge is 2.24. The summed E-state index contributed by atoms with van der Waals surface area (Å²) in [5.41, 5.74) is 0.993. The van der Waals surface area contributed by atoms with E-state index in [2.05, 4.69) is 15.2 Å². The molecule has 0 radical (unpaired) electrons. The molecule has 1 aromatic rings. The Bertz CT molecular complexity index is 577. The lowest BCUT2D eigenvalue weighted by Gasteiger charge is -2.34. The minimum absolute atomic E-state index is 0.0516. The van der Waals surface area contributed by atoms with Crippen molar-refractivity contribution in [3.63, 3.8) is 0 Å². The highest BCUT2D eigenvalue weighted by molar-refractivity contribution is 5.74. The van der Waals surface area contributed by atoms with Gasteiger partial charge in [-0.25, -0.2) is 9.78 Å². The van der Waals surface area contributed by atoms with E-state index in [0.717, 1.165) is 18.7 Å². The van der Waals surface area contributed by atoms with Crippen LogP contribution in [0.15, 0.2) is 18.3 Å². The lowest BCUT2D eigenvalue weighted by Crippen LogP contribution is -2.51. The van der Waals surface area contributed by atoms with Gasteiger partial charge in [0.25, 0.3) is 0 Å². The van der Waals surface area contributed by atoms with Gasteiger partial charge >= 0.3 is 6.03 Å². The molecule has 2 aliphatic rings. The summed E-state index contributed by atoms with van der Waals surface area (Å²) in [6.07, 6.45) is 4.30. The lowest BCUT2D eigenvalue weighted by atomic mass is 10.2. The maximum Gasteiger partial charge on any atom is 0.317 e. The molecule has 1 saturated carbocycles. The zero-order valence-electron chi connectivity index (χ0n) is 15.1. The van der Waals surface area contributed by atoms with Crippen molar-refractivity contribution in [2.45, 2.75) is 25.5 Å². The third kappa shape index (κ3) is 5.86. The monoisotopic (exact) mass is 348 g/mol. The van der Waals surface area contributed by atoms with E-state index >= 15 is 0 Å². The highest BCUT2D eigenvalue weighted by Crippen LogP contribution is 2.29. The molecular weight excluding hydrogens is 320 g/mol. The van der Waals surface area contributed by atoms with Gasteiger partial charge in [0.15, 0.2) is 0 Å². The molecule has 1 aliphatic carbocycles. The molecule has 1 aliphatic heterocycles. The van der Waals surface area contributed by atoms with Crippen molar-refractivity contribution in [3.05, 3.63) is 23.9 Å². The molecule has 7 heteroatoms. The highest BCUT2D eigenvalue weighted by atomic mass is 16.5. The normalized spacial score (nSPS) is 20.6. The number of carbonyl (C=O) groups excluding carboxylic acids is 1. The number of ether oxygens (including phenoxy) is 2. The van der Waals surface area contributed by atoms with Gasteiger partial charge < -0.3 is 24.6 Å². The van der Waals surface area contributed by atoms with Gasteiger partial charge in [-0.3, -0.25) is 0 Å². The number of pyridine rings is 1. The van der Waals surface area contributed by atoms with Crippen molar-refractivity contribution < 1.29 is 14.3 Å². The SMILES string of the molecule is CN(C)CC1CN(C(=O)NCc2ccnc(OCC3CC3)c2)CCO1. The summed E-state index contributed by atoms with van der Waals surface area (Å²) < 4.78 is 11.4. The summed E-state index contributed by atoms with van der Waals surface area (Å²) in [5, 5.41) is 2.98. The van der Waals surface area contributed by atoms with E-state index in [1.54, 1.807) is 6.20 Å². The number of carbonyl (C=O) groups is 1. The molecular formula is C18H28N4O3. The molecule has 2 heterocycles. The number of nitrogens with zero attached hydrogens (tertiary/aromatic N) is 3. The summed E-state index contributed by atoms with van der Waals surface area (Å²) in [7, 11) is 4.02. The maximum absolute atomic E-state index is 12.4. The minimum Gasteiger partial charge on any atom is -0.477 e. The standard InChI is InChI=1S/C18H28N4O3/c1-21(2)11-16-12-22(7-8-24-16)18(23)20-10-15-5-6-19-17(9-15)25-13-14-3-4-14/h5-6,9,14,16H,3-4,7-8,10-13H2,1-2H3,(H,20,23).